The fourth-order valence-corrected chi connectivity index (χ4v) is 6.74. The Morgan fingerprint density at radius 1 is 1.11 bits per heavy atom. The number of ether oxygens (including phenoxy) is 1. The van der Waals surface area contributed by atoms with Crippen molar-refractivity contribution in [2.45, 2.75) is 85.0 Å². The Balaban J connectivity index is 1.68. The van der Waals surface area contributed by atoms with Crippen LogP contribution in [-0.2, 0) is 14.3 Å². The van der Waals surface area contributed by atoms with Gasteiger partial charge in [0.2, 0.25) is 5.91 Å². The maximum atomic E-state index is 14.1. The number of hydrogen-bond acceptors (Lipinski definition) is 5. The highest BCUT2D eigenvalue weighted by molar-refractivity contribution is 6.09. The highest BCUT2D eigenvalue weighted by atomic mass is 16.6. The van der Waals surface area contributed by atoms with E-state index < -0.39 is 23.6 Å². The predicted octanol–water partition coefficient (Wildman–Crippen LogP) is 5.02. The van der Waals surface area contributed by atoms with Crippen LogP contribution in [0.25, 0.3) is 0 Å². The molecule has 1 amide bonds. The van der Waals surface area contributed by atoms with Gasteiger partial charge in [0.25, 0.3) is 0 Å². The first-order chi connectivity index (χ1) is 17.5. The number of rotatable bonds is 4. The summed E-state index contributed by atoms with van der Waals surface area (Å²) in [4.78, 5) is 40.7. The van der Waals surface area contributed by atoms with E-state index in [9.17, 15) is 19.5 Å². The Morgan fingerprint density at radius 2 is 1.81 bits per heavy atom. The summed E-state index contributed by atoms with van der Waals surface area (Å²) < 4.78 is 5.75. The third kappa shape index (κ3) is 5.18. The quantitative estimate of drug-likeness (QED) is 0.339. The van der Waals surface area contributed by atoms with E-state index in [4.69, 9.17) is 4.74 Å². The van der Waals surface area contributed by atoms with Crippen LogP contribution in [0.2, 0.25) is 0 Å². The normalized spacial score (nSPS) is 35.9. The number of aliphatic hydroxyl groups is 1. The number of nitrogens with one attached hydrogen (secondary N) is 1. The molecule has 0 bridgehead atoms. The van der Waals surface area contributed by atoms with Gasteiger partial charge in [-0.2, -0.15) is 0 Å². The van der Waals surface area contributed by atoms with Gasteiger partial charge in [-0.1, -0.05) is 62.3 Å². The van der Waals surface area contributed by atoms with Crippen LogP contribution in [0.5, 0.6) is 0 Å². The molecule has 37 heavy (non-hydrogen) atoms. The lowest BCUT2D eigenvalue weighted by atomic mass is 9.54. The van der Waals surface area contributed by atoms with Gasteiger partial charge in [0.1, 0.15) is 17.3 Å². The van der Waals surface area contributed by atoms with Crippen LogP contribution in [0, 0.1) is 29.1 Å². The molecule has 4 rings (SSSR count). The van der Waals surface area contributed by atoms with Crippen molar-refractivity contribution in [1.82, 2.24) is 5.32 Å². The molecule has 3 aliphatic rings. The molecule has 0 unspecified atom stereocenters. The van der Waals surface area contributed by atoms with Crippen LogP contribution in [0.4, 0.5) is 0 Å². The van der Waals surface area contributed by atoms with E-state index in [-0.39, 0.29) is 48.3 Å². The third-order valence-electron chi connectivity index (χ3n) is 8.71. The van der Waals surface area contributed by atoms with Crippen molar-refractivity contribution < 1.29 is 24.2 Å². The first-order valence-corrected chi connectivity index (χ1v) is 13.7. The molecule has 0 saturated carbocycles. The van der Waals surface area contributed by atoms with Crippen molar-refractivity contribution in [2.75, 3.05) is 0 Å². The number of amides is 1. The molecule has 1 fully saturated rings. The molecule has 200 valence electrons. The Kier molecular flexibility index (Phi) is 8.08. The van der Waals surface area contributed by atoms with E-state index in [1.165, 1.54) is 5.57 Å². The molecular weight excluding hydrogens is 466 g/mol. The maximum Gasteiger partial charge on any atom is 0.338 e. The largest absolute Gasteiger partial charge is 0.456 e. The van der Waals surface area contributed by atoms with Crippen LogP contribution in [0.3, 0.4) is 0 Å². The summed E-state index contributed by atoms with van der Waals surface area (Å²) in [6.45, 7) is 10.5. The zero-order chi connectivity index (χ0) is 26.9. The van der Waals surface area contributed by atoms with Crippen LogP contribution in [0.1, 0.15) is 77.1 Å². The van der Waals surface area contributed by atoms with E-state index >= 15 is 0 Å². The average molecular weight is 508 g/mol. The molecule has 1 spiro atoms. The molecule has 1 saturated heterocycles. The van der Waals surface area contributed by atoms with E-state index in [0.717, 1.165) is 12.0 Å². The number of hydrogen-bond donors (Lipinski definition) is 2. The minimum Gasteiger partial charge on any atom is -0.456 e. The molecule has 2 N–H and O–H groups in total. The summed E-state index contributed by atoms with van der Waals surface area (Å²) in [7, 11) is 0. The number of allylic oxidation sites excluding steroid dienone is 4. The van der Waals surface area contributed by atoms with Gasteiger partial charge in [0, 0.05) is 24.3 Å². The van der Waals surface area contributed by atoms with Crippen LogP contribution in [-0.4, -0.2) is 41.0 Å². The Morgan fingerprint density at radius 3 is 2.49 bits per heavy atom. The lowest BCUT2D eigenvalue weighted by molar-refractivity contribution is -0.145. The third-order valence-corrected chi connectivity index (χ3v) is 8.71. The second-order valence-corrected chi connectivity index (χ2v) is 11.7. The first kappa shape index (κ1) is 27.3. The van der Waals surface area contributed by atoms with Crippen molar-refractivity contribution in [1.29, 1.82) is 0 Å². The van der Waals surface area contributed by atoms with Crippen molar-refractivity contribution in [3.05, 3.63) is 59.2 Å². The molecule has 1 aromatic carbocycles. The summed E-state index contributed by atoms with van der Waals surface area (Å²) in [6.07, 6.45) is 4.51. The maximum absolute atomic E-state index is 14.1. The number of carbonyl (C=O) groups is 3. The summed E-state index contributed by atoms with van der Waals surface area (Å²) in [5.74, 6) is -0.796. The minimum absolute atomic E-state index is 0.0574. The highest BCUT2D eigenvalue weighted by Gasteiger charge is 2.65. The zero-order valence-electron chi connectivity index (χ0n) is 22.7. The van der Waals surface area contributed by atoms with Crippen molar-refractivity contribution in [2.24, 2.45) is 29.1 Å². The molecule has 0 aromatic heterocycles. The number of Topliss-reactive ketones (excluding diaryl/α,β-unsaturated/α-hetero) is 1. The molecule has 1 aromatic rings. The van der Waals surface area contributed by atoms with Crippen molar-refractivity contribution in [3.63, 3.8) is 0 Å². The van der Waals surface area contributed by atoms with E-state index in [1.807, 2.05) is 13.0 Å². The lowest BCUT2D eigenvalue weighted by Gasteiger charge is -2.45. The molecular formula is C31H41NO5. The lowest BCUT2D eigenvalue weighted by Crippen LogP contribution is -2.52. The summed E-state index contributed by atoms with van der Waals surface area (Å²) in [5.41, 5.74) is 1.47. The fraction of sp³-hybridized carbons (Fsp3) is 0.581. The monoisotopic (exact) mass is 507 g/mol. The number of carbonyl (C=O) groups excluding carboxylic acids is 3. The second kappa shape index (κ2) is 10.9. The average Bonchev–Trinajstić information content (AvgIpc) is 3.14. The van der Waals surface area contributed by atoms with Gasteiger partial charge in [0.15, 0.2) is 0 Å². The molecule has 1 aliphatic heterocycles. The van der Waals surface area contributed by atoms with Gasteiger partial charge in [-0.05, 0) is 63.5 Å². The van der Waals surface area contributed by atoms with Crippen LogP contribution < -0.4 is 5.32 Å². The van der Waals surface area contributed by atoms with Crippen molar-refractivity contribution in [3.8, 4) is 0 Å². The summed E-state index contributed by atoms with van der Waals surface area (Å²) in [5, 5.41) is 14.3. The van der Waals surface area contributed by atoms with E-state index in [1.54, 1.807) is 24.3 Å². The molecule has 6 heteroatoms. The Labute approximate surface area is 220 Å². The molecule has 7 atom stereocenters. The van der Waals surface area contributed by atoms with Gasteiger partial charge in [-0.15, -0.1) is 0 Å². The SMILES string of the molecule is CC1=C[C@@H]2/C=C(\C)CC[C@@H](OC(=O)c3ccccc3)[C@H](O)CCC(=O)[C@]23C(=O)N[C@@H](CC(C)C)[C@@H]3[C@@H]1C. The summed E-state index contributed by atoms with van der Waals surface area (Å²) >= 11 is 0. The van der Waals surface area contributed by atoms with Crippen LogP contribution >= 0.6 is 0 Å². The second-order valence-electron chi connectivity index (χ2n) is 11.7. The van der Waals surface area contributed by atoms with Gasteiger partial charge in [-0.3, -0.25) is 9.59 Å². The van der Waals surface area contributed by atoms with Gasteiger partial charge < -0.3 is 15.2 Å². The van der Waals surface area contributed by atoms with Gasteiger partial charge >= 0.3 is 5.97 Å². The minimum atomic E-state index is -1.18. The van der Waals surface area contributed by atoms with Crippen molar-refractivity contribution >= 4 is 17.7 Å². The highest BCUT2D eigenvalue weighted by Crippen LogP contribution is 2.55. The first-order valence-electron chi connectivity index (χ1n) is 13.7. The zero-order valence-corrected chi connectivity index (χ0v) is 22.7. The molecule has 6 nitrogen and oxygen atoms in total. The predicted molar refractivity (Wildman–Crippen MR) is 143 cm³/mol. The standard InChI is InChI=1S/C31H41NO5/c1-18(2)15-24-28-21(5)20(4)17-23-16-19(3)11-13-26(37-29(35)22-9-7-6-8-10-22)25(33)12-14-27(34)31(23,28)30(36)32-24/h6-10,16-18,21,23-26,28,33H,11-15H2,1-5H3,(H,32,36)/b19-16+/t21-,23+,24+,25-,26-,28+,31-/m1/s1. The molecule has 2 aliphatic carbocycles. The summed E-state index contributed by atoms with van der Waals surface area (Å²) in [6, 6.07) is 8.65. The fourth-order valence-electron chi connectivity index (χ4n) is 6.74. The number of esters is 1. The number of benzene rings is 1. The smallest absolute Gasteiger partial charge is 0.338 e. The Bertz CT molecular complexity index is 1090. The molecule has 0 radical (unpaired) electrons. The Hall–Kier alpha value is -2.73. The molecule has 1 heterocycles. The number of aliphatic hydroxyl groups excluding tert-OH is 1. The van der Waals surface area contributed by atoms with Gasteiger partial charge in [-0.25, -0.2) is 4.79 Å². The van der Waals surface area contributed by atoms with E-state index in [2.05, 4.69) is 45.2 Å². The van der Waals surface area contributed by atoms with E-state index in [0.29, 0.717) is 24.3 Å². The van der Waals surface area contributed by atoms with Crippen LogP contribution in [0.15, 0.2) is 53.6 Å². The number of ketones is 1. The van der Waals surface area contributed by atoms with Gasteiger partial charge in [0.05, 0.1) is 11.7 Å². The topological polar surface area (TPSA) is 92.7 Å².